The van der Waals surface area contributed by atoms with Gasteiger partial charge in [-0.3, -0.25) is 24.1 Å². The van der Waals surface area contributed by atoms with E-state index in [2.05, 4.69) is 9.97 Å². The second-order valence-electron chi connectivity index (χ2n) is 8.53. The fourth-order valence-corrected chi connectivity index (χ4v) is 3.70. The van der Waals surface area contributed by atoms with Gasteiger partial charge in [-0.25, -0.2) is 8.78 Å². The molecule has 0 amide bonds. The number of carbonyl (C=O) groups is 1. The van der Waals surface area contributed by atoms with E-state index in [1.54, 1.807) is 44.3 Å². The van der Waals surface area contributed by atoms with Crippen LogP contribution in [-0.4, -0.2) is 39.3 Å². The number of ketones is 1. The van der Waals surface area contributed by atoms with E-state index in [0.29, 0.717) is 23.0 Å². The topological polar surface area (TPSA) is 77.3 Å². The minimum Gasteiger partial charge on any atom is -0.485 e. The summed E-state index contributed by atoms with van der Waals surface area (Å²) in [4.78, 5) is 35.6. The van der Waals surface area contributed by atoms with Gasteiger partial charge in [0.15, 0.2) is 5.82 Å². The molecule has 3 heterocycles. The van der Waals surface area contributed by atoms with Crippen LogP contribution in [0.1, 0.15) is 46.2 Å². The molecule has 10 heteroatoms. The van der Waals surface area contributed by atoms with Gasteiger partial charge in [0.2, 0.25) is 5.78 Å². The predicted molar refractivity (Wildman–Crippen MR) is 127 cm³/mol. The minimum absolute atomic E-state index is 0.0808. The monoisotopic (exact) mass is 500 g/mol. The Bertz CT molecular complexity index is 1380. The summed E-state index contributed by atoms with van der Waals surface area (Å²) in [6, 6.07) is 3.93. The molecule has 3 aromatic rings. The number of nitrogens with zero attached hydrogens (tertiary/aromatic N) is 4. The van der Waals surface area contributed by atoms with E-state index in [0.717, 1.165) is 19.0 Å². The van der Waals surface area contributed by atoms with Crippen LogP contribution in [0.15, 0.2) is 47.7 Å². The van der Waals surface area contributed by atoms with Crippen LogP contribution in [0.25, 0.3) is 5.69 Å². The predicted octanol–water partition coefficient (Wildman–Crippen LogP) is 4.58. The minimum atomic E-state index is -0.857. The Kier molecular flexibility index (Phi) is 6.98. The summed E-state index contributed by atoms with van der Waals surface area (Å²) in [5.41, 5.74) is 1.39. The van der Waals surface area contributed by atoms with E-state index < -0.39 is 17.2 Å². The van der Waals surface area contributed by atoms with E-state index in [4.69, 9.17) is 16.3 Å². The average molecular weight is 501 g/mol. The van der Waals surface area contributed by atoms with Gasteiger partial charge >= 0.3 is 0 Å². The van der Waals surface area contributed by atoms with Crippen molar-refractivity contribution >= 4 is 17.4 Å². The van der Waals surface area contributed by atoms with Crippen LogP contribution in [-0.2, 0) is 6.61 Å². The average Bonchev–Trinajstić information content (AvgIpc) is 3.65. The molecule has 1 aliphatic carbocycles. The molecule has 0 radical (unpaired) electrons. The summed E-state index contributed by atoms with van der Waals surface area (Å²) >= 11 is 6.38. The molecule has 1 aliphatic rings. The van der Waals surface area contributed by atoms with Gasteiger partial charge in [-0.2, -0.15) is 0 Å². The first-order valence-corrected chi connectivity index (χ1v) is 11.3. The van der Waals surface area contributed by atoms with Gasteiger partial charge < -0.3 is 9.64 Å². The first-order valence-electron chi connectivity index (χ1n) is 10.9. The molecule has 4 rings (SSSR count). The van der Waals surface area contributed by atoms with Crippen molar-refractivity contribution in [3.63, 3.8) is 0 Å². The molecule has 0 atom stereocenters. The van der Waals surface area contributed by atoms with Crippen molar-refractivity contribution in [2.45, 2.75) is 32.3 Å². The number of pyridine rings is 3. The Morgan fingerprint density at radius 1 is 1.23 bits per heavy atom. The third kappa shape index (κ3) is 5.40. The van der Waals surface area contributed by atoms with Gasteiger partial charge in [-0.05, 0) is 37.3 Å². The van der Waals surface area contributed by atoms with Gasteiger partial charge in [0.25, 0.3) is 5.56 Å². The van der Waals surface area contributed by atoms with Gasteiger partial charge in [0.05, 0.1) is 11.9 Å². The SMILES string of the molecule is Cc1cnc(C(=O)/C=C/N(C)C)cc1-n1c(C2CC2)cc(OCc2ncc(F)cc2F)c(Cl)c1=O. The van der Waals surface area contributed by atoms with Crippen LogP contribution >= 0.6 is 11.6 Å². The highest BCUT2D eigenvalue weighted by Gasteiger charge is 2.30. The molecule has 0 saturated heterocycles. The standard InChI is InChI=1S/C25H23ClF2N4O3/c1-14-11-29-18(22(33)6-7-31(2)3)9-20(14)32-21(15-4-5-15)10-23(24(26)25(32)34)35-13-19-17(28)8-16(27)12-30-19/h6-12,15H,4-5,13H2,1-3H3/b7-6+. The third-order valence-electron chi connectivity index (χ3n) is 5.48. The Morgan fingerprint density at radius 2 is 1.97 bits per heavy atom. The third-order valence-corrected chi connectivity index (χ3v) is 5.83. The number of aryl methyl sites for hydroxylation is 1. The molecule has 0 spiro atoms. The first-order chi connectivity index (χ1) is 16.7. The zero-order valence-electron chi connectivity index (χ0n) is 19.4. The highest BCUT2D eigenvalue weighted by atomic mass is 35.5. The lowest BCUT2D eigenvalue weighted by Gasteiger charge is -2.18. The van der Waals surface area contributed by atoms with E-state index in [1.165, 1.54) is 16.8 Å². The molecule has 0 aromatic carbocycles. The number of halogens is 3. The van der Waals surface area contributed by atoms with Gasteiger partial charge in [0, 0.05) is 50.4 Å². The second kappa shape index (κ2) is 9.95. The molecule has 0 unspecified atom stereocenters. The maximum absolute atomic E-state index is 14.0. The molecule has 182 valence electrons. The summed E-state index contributed by atoms with van der Waals surface area (Å²) < 4.78 is 34.2. The molecular weight excluding hydrogens is 478 g/mol. The molecule has 1 saturated carbocycles. The summed E-state index contributed by atoms with van der Waals surface area (Å²) in [6.07, 6.45) is 7.18. The summed E-state index contributed by atoms with van der Waals surface area (Å²) in [5.74, 6) is -1.78. The Balaban J connectivity index is 1.74. The van der Waals surface area contributed by atoms with E-state index in [1.807, 2.05) is 0 Å². The molecule has 35 heavy (non-hydrogen) atoms. The Morgan fingerprint density at radius 3 is 2.63 bits per heavy atom. The zero-order chi connectivity index (χ0) is 25.3. The highest BCUT2D eigenvalue weighted by Crippen LogP contribution is 2.42. The Hall–Kier alpha value is -3.59. The number of aromatic nitrogens is 3. The number of hydrogen-bond acceptors (Lipinski definition) is 6. The van der Waals surface area contributed by atoms with E-state index >= 15 is 0 Å². The number of allylic oxidation sites excluding steroid dienone is 1. The largest absolute Gasteiger partial charge is 0.485 e. The highest BCUT2D eigenvalue weighted by molar-refractivity contribution is 6.31. The summed E-state index contributed by atoms with van der Waals surface area (Å²) in [5, 5.41) is -0.200. The van der Waals surface area contributed by atoms with Crippen LogP contribution < -0.4 is 10.3 Å². The smallest absolute Gasteiger partial charge is 0.277 e. The molecule has 0 aliphatic heterocycles. The zero-order valence-corrected chi connectivity index (χ0v) is 20.1. The van der Waals surface area contributed by atoms with Crippen LogP contribution in [0.5, 0.6) is 5.75 Å². The lowest BCUT2D eigenvalue weighted by atomic mass is 10.1. The maximum atomic E-state index is 14.0. The van der Waals surface area contributed by atoms with Crippen LogP contribution in [0.4, 0.5) is 8.78 Å². The van der Waals surface area contributed by atoms with Crippen LogP contribution in [0.2, 0.25) is 5.02 Å². The molecule has 1 fully saturated rings. The Labute approximate surface area is 205 Å². The fraction of sp³-hybridized carbons (Fsp3) is 0.280. The fourth-order valence-electron chi connectivity index (χ4n) is 3.50. The molecule has 0 bridgehead atoms. The van der Waals surface area contributed by atoms with Crippen LogP contribution in [0, 0.1) is 18.6 Å². The van der Waals surface area contributed by atoms with Crippen molar-refractivity contribution in [1.82, 2.24) is 19.4 Å². The second-order valence-corrected chi connectivity index (χ2v) is 8.91. The molecule has 0 N–H and O–H groups in total. The van der Waals surface area contributed by atoms with E-state index in [-0.39, 0.29) is 40.5 Å². The number of hydrogen-bond donors (Lipinski definition) is 0. The maximum Gasteiger partial charge on any atom is 0.277 e. The van der Waals surface area contributed by atoms with Crippen molar-refractivity contribution in [3.8, 4) is 11.4 Å². The first kappa shape index (κ1) is 24.5. The quantitative estimate of drug-likeness (QED) is 0.333. The van der Waals surface area contributed by atoms with Gasteiger partial charge in [-0.15, -0.1) is 0 Å². The van der Waals surface area contributed by atoms with Crippen molar-refractivity contribution in [2.24, 2.45) is 0 Å². The normalized spacial score (nSPS) is 13.3. The van der Waals surface area contributed by atoms with Crippen molar-refractivity contribution in [1.29, 1.82) is 0 Å². The van der Waals surface area contributed by atoms with E-state index in [9.17, 15) is 18.4 Å². The summed E-state index contributed by atoms with van der Waals surface area (Å²) in [7, 11) is 3.59. The lowest BCUT2D eigenvalue weighted by molar-refractivity contribution is 0.104. The number of carbonyl (C=O) groups excluding carboxylic acids is 1. The van der Waals surface area contributed by atoms with Crippen LogP contribution in [0.3, 0.4) is 0 Å². The molecule has 7 nitrogen and oxygen atoms in total. The lowest BCUT2D eigenvalue weighted by Crippen LogP contribution is -2.24. The van der Waals surface area contributed by atoms with Crippen molar-refractivity contribution in [3.05, 3.63) is 92.5 Å². The number of ether oxygens (including phenoxy) is 1. The van der Waals surface area contributed by atoms with Gasteiger partial charge in [0.1, 0.15) is 34.6 Å². The molecular formula is C25H23ClF2N4O3. The van der Waals surface area contributed by atoms with Crippen molar-refractivity contribution < 1.29 is 18.3 Å². The van der Waals surface area contributed by atoms with Gasteiger partial charge in [-0.1, -0.05) is 11.6 Å². The van der Waals surface area contributed by atoms with Crippen molar-refractivity contribution in [2.75, 3.05) is 14.1 Å². The number of rotatable bonds is 8. The molecule has 3 aromatic heterocycles. The summed E-state index contributed by atoms with van der Waals surface area (Å²) in [6.45, 7) is 1.46.